The van der Waals surface area contributed by atoms with Gasteiger partial charge in [0.15, 0.2) is 0 Å². The summed E-state index contributed by atoms with van der Waals surface area (Å²) in [4.78, 5) is 26.5. The van der Waals surface area contributed by atoms with Crippen molar-refractivity contribution in [1.29, 1.82) is 0 Å². The highest BCUT2D eigenvalue weighted by Gasteiger charge is 2.27. The molecule has 5 nitrogen and oxygen atoms in total. The molecule has 0 spiro atoms. The maximum Gasteiger partial charge on any atom is 0.253 e. The number of nitrogens with zero attached hydrogens (tertiary/aromatic N) is 2. The van der Waals surface area contributed by atoms with E-state index in [2.05, 4.69) is 10.5 Å². The first-order valence-corrected chi connectivity index (χ1v) is 9.42. The third kappa shape index (κ3) is 5.31. The lowest BCUT2D eigenvalue weighted by Crippen LogP contribution is -2.42. The second kappa shape index (κ2) is 9.02. The second-order valence-corrected chi connectivity index (χ2v) is 7.23. The van der Waals surface area contributed by atoms with E-state index in [0.29, 0.717) is 41.5 Å². The van der Waals surface area contributed by atoms with Gasteiger partial charge in [-0.3, -0.25) is 9.59 Å². The van der Waals surface area contributed by atoms with Gasteiger partial charge in [-0.15, -0.1) is 0 Å². The van der Waals surface area contributed by atoms with Crippen LogP contribution in [-0.2, 0) is 4.79 Å². The highest BCUT2D eigenvalue weighted by Crippen LogP contribution is 2.20. The molecular weight excluding hydrogens is 385 g/mol. The largest absolute Gasteiger partial charge is 0.339 e. The SMILES string of the molecule is O=C(N/N=C\c1ccc(Cl)cc1)C1CCN(C(=O)c2ccc(Cl)cc2)CC1. The van der Waals surface area contributed by atoms with Crippen LogP contribution in [0.5, 0.6) is 0 Å². The Bertz CT molecular complexity index is 827. The van der Waals surface area contributed by atoms with Crippen LogP contribution in [0.25, 0.3) is 0 Å². The summed E-state index contributed by atoms with van der Waals surface area (Å²) in [5.74, 6) is -0.313. The number of hydrazone groups is 1. The van der Waals surface area contributed by atoms with Crippen LogP contribution in [0.15, 0.2) is 53.6 Å². The smallest absolute Gasteiger partial charge is 0.253 e. The first-order valence-electron chi connectivity index (χ1n) is 8.66. The second-order valence-electron chi connectivity index (χ2n) is 6.36. The summed E-state index contributed by atoms with van der Waals surface area (Å²) < 4.78 is 0. The Balaban J connectivity index is 1.48. The van der Waals surface area contributed by atoms with E-state index in [-0.39, 0.29) is 17.7 Å². The average molecular weight is 404 g/mol. The Morgan fingerprint density at radius 1 is 0.963 bits per heavy atom. The average Bonchev–Trinajstić information content (AvgIpc) is 2.69. The molecule has 0 bridgehead atoms. The van der Waals surface area contributed by atoms with E-state index in [1.54, 1.807) is 47.5 Å². The van der Waals surface area contributed by atoms with Crippen LogP contribution in [0.3, 0.4) is 0 Å². The normalized spacial score (nSPS) is 15.1. The van der Waals surface area contributed by atoms with Gasteiger partial charge in [0.05, 0.1) is 6.21 Å². The van der Waals surface area contributed by atoms with Crippen LogP contribution >= 0.6 is 23.2 Å². The number of likely N-dealkylation sites (tertiary alicyclic amines) is 1. The maximum absolute atomic E-state index is 12.5. The van der Waals surface area contributed by atoms with Crippen molar-refractivity contribution in [1.82, 2.24) is 10.3 Å². The summed E-state index contributed by atoms with van der Waals surface area (Å²) in [6.07, 6.45) is 2.80. The molecule has 1 aliphatic heterocycles. The van der Waals surface area contributed by atoms with Crippen LogP contribution < -0.4 is 5.43 Å². The van der Waals surface area contributed by atoms with Crippen LogP contribution in [0.1, 0.15) is 28.8 Å². The number of nitrogens with one attached hydrogen (secondary N) is 1. The minimum absolute atomic E-state index is 0.0358. The first kappa shape index (κ1) is 19.4. The van der Waals surface area contributed by atoms with Crippen LogP contribution in [0, 0.1) is 5.92 Å². The van der Waals surface area contributed by atoms with Crippen molar-refractivity contribution in [3.8, 4) is 0 Å². The molecule has 1 N–H and O–H groups in total. The van der Waals surface area contributed by atoms with Crippen molar-refractivity contribution in [2.75, 3.05) is 13.1 Å². The third-order valence-electron chi connectivity index (χ3n) is 4.50. The van der Waals surface area contributed by atoms with Crippen LogP contribution in [0.2, 0.25) is 10.0 Å². The topological polar surface area (TPSA) is 61.8 Å². The number of amides is 2. The molecule has 0 saturated carbocycles. The summed E-state index contributed by atoms with van der Waals surface area (Å²) in [5.41, 5.74) is 4.03. The number of benzene rings is 2. The fourth-order valence-electron chi connectivity index (χ4n) is 2.93. The molecule has 1 saturated heterocycles. The molecule has 1 aliphatic rings. The standard InChI is InChI=1S/C20H19Cl2N3O2/c21-17-5-1-14(2-6-17)13-23-24-19(26)15-9-11-25(12-10-15)20(27)16-3-7-18(22)8-4-16/h1-8,13,15H,9-12H2,(H,24,26)/b23-13-. The molecule has 1 heterocycles. The molecule has 3 rings (SSSR count). The summed E-state index contributed by atoms with van der Waals surface area (Å²) >= 11 is 11.7. The van der Waals surface area contributed by atoms with E-state index < -0.39 is 0 Å². The third-order valence-corrected chi connectivity index (χ3v) is 5.01. The molecule has 2 aromatic rings. The van der Waals surface area contributed by atoms with Gasteiger partial charge in [0.1, 0.15) is 0 Å². The van der Waals surface area contributed by atoms with Gasteiger partial charge in [0, 0.05) is 34.6 Å². The van der Waals surface area contributed by atoms with E-state index in [1.807, 2.05) is 12.1 Å². The minimum Gasteiger partial charge on any atom is -0.339 e. The number of hydrogen-bond donors (Lipinski definition) is 1. The number of carbonyl (C=O) groups excluding carboxylic acids is 2. The maximum atomic E-state index is 12.5. The molecule has 2 aromatic carbocycles. The summed E-state index contributed by atoms with van der Waals surface area (Å²) in [6.45, 7) is 1.08. The monoisotopic (exact) mass is 403 g/mol. The predicted octanol–water partition coefficient (Wildman–Crippen LogP) is 4.00. The summed E-state index contributed by atoms with van der Waals surface area (Å²) in [7, 11) is 0. The molecule has 0 atom stereocenters. The fraction of sp³-hybridized carbons (Fsp3) is 0.250. The number of piperidine rings is 1. The van der Waals surface area contributed by atoms with E-state index in [1.165, 1.54) is 0 Å². The lowest BCUT2D eigenvalue weighted by atomic mass is 9.95. The quantitative estimate of drug-likeness (QED) is 0.619. The highest BCUT2D eigenvalue weighted by atomic mass is 35.5. The zero-order chi connectivity index (χ0) is 19.2. The van der Waals surface area contributed by atoms with Gasteiger partial charge in [-0.05, 0) is 54.8 Å². The van der Waals surface area contributed by atoms with Gasteiger partial charge >= 0.3 is 0 Å². The molecule has 27 heavy (non-hydrogen) atoms. The molecule has 2 amide bonds. The molecule has 0 unspecified atom stereocenters. The van der Waals surface area contributed by atoms with E-state index in [9.17, 15) is 9.59 Å². The van der Waals surface area contributed by atoms with Crippen LogP contribution in [0.4, 0.5) is 0 Å². The van der Waals surface area contributed by atoms with Crippen LogP contribution in [-0.4, -0.2) is 36.0 Å². The highest BCUT2D eigenvalue weighted by molar-refractivity contribution is 6.30. The molecule has 7 heteroatoms. The number of hydrogen-bond acceptors (Lipinski definition) is 3. The Morgan fingerprint density at radius 3 is 2.11 bits per heavy atom. The number of halogens is 2. The van der Waals surface area contributed by atoms with Crippen molar-refractivity contribution in [3.63, 3.8) is 0 Å². The lowest BCUT2D eigenvalue weighted by molar-refractivity contribution is -0.126. The Labute approximate surface area is 168 Å². The Kier molecular flexibility index (Phi) is 6.48. The van der Waals surface area contributed by atoms with Gasteiger partial charge in [-0.2, -0.15) is 5.10 Å². The summed E-state index contributed by atoms with van der Waals surface area (Å²) in [5, 5.41) is 5.24. The van der Waals surface area contributed by atoms with Gasteiger partial charge in [-0.1, -0.05) is 35.3 Å². The van der Waals surface area contributed by atoms with E-state index in [0.717, 1.165) is 5.56 Å². The molecular formula is C20H19Cl2N3O2. The van der Waals surface area contributed by atoms with Crippen molar-refractivity contribution in [3.05, 3.63) is 69.7 Å². The molecule has 0 aromatic heterocycles. The fourth-order valence-corrected chi connectivity index (χ4v) is 3.18. The predicted molar refractivity (Wildman–Crippen MR) is 107 cm³/mol. The van der Waals surface area contributed by atoms with E-state index in [4.69, 9.17) is 23.2 Å². The Morgan fingerprint density at radius 2 is 1.52 bits per heavy atom. The van der Waals surface area contributed by atoms with E-state index >= 15 is 0 Å². The van der Waals surface area contributed by atoms with Crippen molar-refractivity contribution >= 4 is 41.2 Å². The van der Waals surface area contributed by atoms with Gasteiger partial charge in [0.2, 0.25) is 5.91 Å². The number of carbonyl (C=O) groups is 2. The lowest BCUT2D eigenvalue weighted by Gasteiger charge is -2.31. The van der Waals surface area contributed by atoms with Gasteiger partial charge in [0.25, 0.3) is 5.91 Å². The molecule has 0 aliphatic carbocycles. The zero-order valence-corrected chi connectivity index (χ0v) is 16.1. The van der Waals surface area contributed by atoms with Crippen molar-refractivity contribution < 1.29 is 9.59 Å². The summed E-state index contributed by atoms with van der Waals surface area (Å²) in [6, 6.07) is 14.0. The number of rotatable bonds is 4. The first-order chi connectivity index (χ1) is 13.0. The molecule has 140 valence electrons. The molecule has 1 fully saturated rings. The van der Waals surface area contributed by atoms with Crippen molar-refractivity contribution in [2.45, 2.75) is 12.8 Å². The molecule has 0 radical (unpaired) electrons. The Hall–Kier alpha value is -2.37. The van der Waals surface area contributed by atoms with Crippen molar-refractivity contribution in [2.24, 2.45) is 11.0 Å². The zero-order valence-electron chi connectivity index (χ0n) is 14.6. The van der Waals surface area contributed by atoms with Gasteiger partial charge < -0.3 is 4.90 Å². The van der Waals surface area contributed by atoms with Gasteiger partial charge in [-0.25, -0.2) is 5.43 Å². The minimum atomic E-state index is -0.151.